The lowest BCUT2D eigenvalue weighted by Crippen LogP contribution is -2.22. The van der Waals surface area contributed by atoms with Crippen LogP contribution in [0.5, 0.6) is 0 Å². The molecule has 1 rings (SSSR count). The largest absolute Gasteiger partial charge is 0.389 e. The fraction of sp³-hybridized carbons (Fsp3) is 0.696. The molecule has 0 aliphatic carbocycles. The number of thiol groups is 1. The number of hydrogen-bond acceptors (Lipinski definition) is 6. The third kappa shape index (κ3) is 14.4. The van der Waals surface area contributed by atoms with Gasteiger partial charge in [-0.2, -0.15) is 12.6 Å². The van der Waals surface area contributed by atoms with E-state index in [1.165, 1.54) is 12.8 Å². The molecule has 29 heavy (non-hydrogen) atoms. The van der Waals surface area contributed by atoms with E-state index in [-0.39, 0.29) is 5.25 Å². The van der Waals surface area contributed by atoms with Crippen molar-refractivity contribution in [2.75, 3.05) is 39.9 Å². The van der Waals surface area contributed by atoms with Crippen LogP contribution in [-0.4, -0.2) is 56.3 Å². The van der Waals surface area contributed by atoms with E-state index in [1.54, 1.807) is 0 Å². The van der Waals surface area contributed by atoms with Gasteiger partial charge in [-0.25, -0.2) is 0 Å². The van der Waals surface area contributed by atoms with Gasteiger partial charge in [0.05, 0.1) is 6.61 Å². The van der Waals surface area contributed by atoms with Gasteiger partial charge >= 0.3 is 0 Å². The first-order valence-corrected chi connectivity index (χ1v) is 11.4. The van der Waals surface area contributed by atoms with E-state index in [0.717, 1.165) is 81.7 Å². The lowest BCUT2D eigenvalue weighted by Gasteiger charge is -2.22. The van der Waals surface area contributed by atoms with Gasteiger partial charge in [0.15, 0.2) is 0 Å². The number of nitrogens with zero attached hydrogens (tertiary/aromatic N) is 1. The third-order valence-electron chi connectivity index (χ3n) is 4.68. The summed E-state index contributed by atoms with van der Waals surface area (Å²) in [5.41, 5.74) is 3.19. The van der Waals surface area contributed by atoms with Crippen molar-refractivity contribution in [2.24, 2.45) is 0 Å². The highest BCUT2D eigenvalue weighted by atomic mass is 32.1. The Morgan fingerprint density at radius 2 is 2.00 bits per heavy atom. The minimum Gasteiger partial charge on any atom is -0.389 e. The number of rotatable bonds is 16. The SMILES string of the molecule is C=C(CCN1C(=C)CC(S)C1=C)NCCCCCOCCC=O.CCCCNC. The monoisotopic (exact) mass is 425 g/mol. The molecule has 0 aromatic carbocycles. The number of likely N-dealkylation sites (tertiary alicyclic amines) is 1. The van der Waals surface area contributed by atoms with Gasteiger partial charge in [0.2, 0.25) is 0 Å². The molecule has 0 aromatic rings. The Morgan fingerprint density at radius 1 is 1.24 bits per heavy atom. The standard InChI is InChI=1S/C18H30N2O2S.C5H13N/c1-15(8-10-20-16(2)14-18(23)17(20)3)19-9-5-4-6-12-22-13-7-11-21;1-3-4-5-6-2/h11,18-19,23H,1-10,12-14H2;6H,3-5H2,1-2H3. The first-order valence-electron chi connectivity index (χ1n) is 10.9. The molecule has 0 amide bonds. The van der Waals surface area contributed by atoms with E-state index in [2.05, 4.69) is 54.8 Å². The topological polar surface area (TPSA) is 53.6 Å². The van der Waals surface area contributed by atoms with Crippen molar-refractivity contribution in [3.8, 4) is 0 Å². The van der Waals surface area contributed by atoms with Crippen molar-refractivity contribution in [2.45, 2.75) is 63.5 Å². The first-order chi connectivity index (χ1) is 14.0. The fourth-order valence-corrected chi connectivity index (χ4v) is 3.18. The predicted octanol–water partition coefficient (Wildman–Crippen LogP) is 4.29. The third-order valence-corrected chi connectivity index (χ3v) is 5.16. The summed E-state index contributed by atoms with van der Waals surface area (Å²) < 4.78 is 5.33. The second kappa shape index (κ2) is 18.8. The molecule has 0 spiro atoms. The highest BCUT2D eigenvalue weighted by Crippen LogP contribution is 2.32. The molecule has 168 valence electrons. The summed E-state index contributed by atoms with van der Waals surface area (Å²) in [6.07, 6.45) is 8.98. The molecule has 1 saturated heterocycles. The molecule has 0 aromatic heterocycles. The molecule has 2 N–H and O–H groups in total. The Balaban J connectivity index is 0.00000113. The smallest absolute Gasteiger partial charge is 0.122 e. The average molecular weight is 426 g/mol. The number of hydrogen-bond donors (Lipinski definition) is 3. The summed E-state index contributed by atoms with van der Waals surface area (Å²) in [4.78, 5) is 12.3. The molecular weight excluding hydrogens is 382 g/mol. The van der Waals surface area contributed by atoms with Crippen LogP contribution in [0.1, 0.15) is 58.3 Å². The summed E-state index contributed by atoms with van der Waals surface area (Å²) in [7, 11) is 1.98. The molecule has 0 bridgehead atoms. The van der Waals surface area contributed by atoms with Gasteiger partial charge in [-0.3, -0.25) is 0 Å². The maximum absolute atomic E-state index is 10.1. The number of carbonyl (C=O) groups excluding carboxylic acids is 1. The summed E-state index contributed by atoms with van der Waals surface area (Å²) in [5.74, 6) is 0. The van der Waals surface area contributed by atoms with Crippen LogP contribution < -0.4 is 10.6 Å². The molecule has 0 saturated carbocycles. The van der Waals surface area contributed by atoms with Crippen LogP contribution in [0.4, 0.5) is 0 Å². The van der Waals surface area contributed by atoms with Crippen molar-refractivity contribution in [1.82, 2.24) is 15.5 Å². The average Bonchev–Trinajstić information content (AvgIpc) is 2.95. The van der Waals surface area contributed by atoms with E-state index in [0.29, 0.717) is 13.0 Å². The van der Waals surface area contributed by atoms with Gasteiger partial charge in [-0.15, -0.1) is 0 Å². The van der Waals surface area contributed by atoms with Crippen LogP contribution in [-0.2, 0) is 9.53 Å². The van der Waals surface area contributed by atoms with E-state index >= 15 is 0 Å². The number of allylic oxidation sites excluding steroid dienone is 1. The van der Waals surface area contributed by atoms with Gasteiger partial charge in [-0.05, 0) is 39.3 Å². The Kier molecular flexibility index (Phi) is 18.0. The Labute approximate surface area is 184 Å². The molecule has 1 aliphatic rings. The van der Waals surface area contributed by atoms with Crippen LogP contribution in [0.15, 0.2) is 36.8 Å². The van der Waals surface area contributed by atoms with Crippen molar-refractivity contribution < 1.29 is 9.53 Å². The molecule has 1 aliphatic heterocycles. The molecule has 1 heterocycles. The van der Waals surface area contributed by atoms with Gasteiger partial charge in [-0.1, -0.05) is 33.1 Å². The lowest BCUT2D eigenvalue weighted by molar-refractivity contribution is -0.108. The highest BCUT2D eigenvalue weighted by molar-refractivity contribution is 7.81. The fourth-order valence-electron chi connectivity index (χ4n) is 2.83. The number of ether oxygens (including phenoxy) is 1. The van der Waals surface area contributed by atoms with Gasteiger partial charge in [0.25, 0.3) is 0 Å². The van der Waals surface area contributed by atoms with E-state index in [4.69, 9.17) is 4.74 Å². The normalized spacial score (nSPS) is 15.8. The molecule has 5 nitrogen and oxygen atoms in total. The zero-order valence-electron chi connectivity index (χ0n) is 18.7. The molecule has 6 heteroatoms. The predicted molar refractivity (Wildman–Crippen MR) is 128 cm³/mol. The molecule has 1 unspecified atom stereocenters. The van der Waals surface area contributed by atoms with Gasteiger partial charge in [0.1, 0.15) is 6.29 Å². The van der Waals surface area contributed by atoms with Crippen molar-refractivity contribution >= 4 is 18.9 Å². The van der Waals surface area contributed by atoms with E-state index < -0.39 is 0 Å². The summed E-state index contributed by atoms with van der Waals surface area (Å²) >= 11 is 4.50. The van der Waals surface area contributed by atoms with E-state index in [1.807, 2.05) is 7.05 Å². The number of carbonyl (C=O) groups is 1. The molecular formula is C23H43N3O2S. The molecule has 0 radical (unpaired) electrons. The zero-order chi connectivity index (χ0) is 21.9. The molecule has 1 atom stereocenters. The maximum atomic E-state index is 10.1. The summed E-state index contributed by atoms with van der Waals surface area (Å²) in [6, 6.07) is 0. The first kappa shape index (κ1) is 27.8. The number of unbranched alkanes of at least 4 members (excludes halogenated alkanes) is 3. The minimum absolute atomic E-state index is 0.206. The van der Waals surface area contributed by atoms with Crippen molar-refractivity contribution in [3.63, 3.8) is 0 Å². The summed E-state index contributed by atoms with van der Waals surface area (Å²) in [5, 5.41) is 6.65. The highest BCUT2D eigenvalue weighted by Gasteiger charge is 2.26. The van der Waals surface area contributed by atoms with E-state index in [9.17, 15) is 4.79 Å². The quantitative estimate of drug-likeness (QED) is 0.196. The van der Waals surface area contributed by atoms with Crippen LogP contribution in [0, 0.1) is 0 Å². The Hall–Kier alpha value is -1.24. The van der Waals surface area contributed by atoms with Crippen LogP contribution in [0.25, 0.3) is 0 Å². The zero-order valence-corrected chi connectivity index (χ0v) is 19.6. The maximum Gasteiger partial charge on any atom is 0.122 e. The Bertz CT molecular complexity index is 479. The molecule has 1 fully saturated rings. The number of aldehydes is 1. The van der Waals surface area contributed by atoms with Crippen molar-refractivity contribution in [1.29, 1.82) is 0 Å². The van der Waals surface area contributed by atoms with Gasteiger partial charge in [0, 0.05) is 61.3 Å². The lowest BCUT2D eigenvalue weighted by atomic mass is 10.2. The van der Waals surface area contributed by atoms with Crippen LogP contribution >= 0.6 is 12.6 Å². The number of nitrogens with one attached hydrogen (secondary N) is 2. The van der Waals surface area contributed by atoms with Gasteiger partial charge < -0.3 is 25.1 Å². The van der Waals surface area contributed by atoms with Crippen LogP contribution in [0.3, 0.4) is 0 Å². The Morgan fingerprint density at radius 3 is 2.55 bits per heavy atom. The van der Waals surface area contributed by atoms with Crippen LogP contribution in [0.2, 0.25) is 0 Å². The summed E-state index contributed by atoms with van der Waals surface area (Å²) in [6.45, 7) is 18.7. The second-order valence-corrected chi connectivity index (χ2v) is 7.92. The van der Waals surface area contributed by atoms with Crippen molar-refractivity contribution in [3.05, 3.63) is 36.8 Å². The minimum atomic E-state index is 0.206. The second-order valence-electron chi connectivity index (χ2n) is 7.29.